The first kappa shape index (κ1) is 21.0. The van der Waals surface area contributed by atoms with Gasteiger partial charge in [0, 0.05) is 25.3 Å². The topological polar surface area (TPSA) is 40.5 Å². The third-order valence-corrected chi connectivity index (χ3v) is 5.95. The van der Waals surface area contributed by atoms with E-state index >= 15 is 0 Å². The molecule has 1 aromatic rings. The molecule has 0 saturated carbocycles. The summed E-state index contributed by atoms with van der Waals surface area (Å²) in [5.41, 5.74) is 2.79. The van der Waals surface area contributed by atoms with E-state index in [0.29, 0.717) is 12.3 Å². The van der Waals surface area contributed by atoms with Crippen molar-refractivity contribution in [1.82, 2.24) is 4.90 Å². The van der Waals surface area contributed by atoms with Crippen molar-refractivity contribution in [3.05, 3.63) is 47.5 Å². The smallest absolute Gasteiger partial charge is 0.223 e. The molecule has 1 heterocycles. The molecule has 3 nitrogen and oxygen atoms in total. The van der Waals surface area contributed by atoms with E-state index in [9.17, 15) is 4.79 Å². The van der Waals surface area contributed by atoms with Crippen molar-refractivity contribution in [1.29, 1.82) is 0 Å². The highest BCUT2D eigenvalue weighted by Crippen LogP contribution is 2.21. The number of aryl methyl sites for hydroxylation is 2. The van der Waals surface area contributed by atoms with Crippen molar-refractivity contribution in [2.24, 2.45) is 0 Å². The Morgan fingerprint density at radius 2 is 2.12 bits per heavy atom. The molecule has 1 fully saturated rings. The van der Waals surface area contributed by atoms with Crippen molar-refractivity contribution in [2.75, 3.05) is 24.7 Å². The van der Waals surface area contributed by atoms with Gasteiger partial charge in [0.2, 0.25) is 5.91 Å². The van der Waals surface area contributed by atoms with Crippen LogP contribution in [0.15, 0.2) is 36.4 Å². The molecule has 1 N–H and O–H groups in total. The number of thioether (sulfide) groups is 1. The molecule has 144 valence electrons. The third kappa shape index (κ3) is 7.16. The zero-order valence-corrected chi connectivity index (χ0v) is 16.8. The van der Waals surface area contributed by atoms with E-state index in [2.05, 4.69) is 43.3 Å². The van der Waals surface area contributed by atoms with Crippen LogP contribution in [0.2, 0.25) is 0 Å². The second kappa shape index (κ2) is 12.2. The van der Waals surface area contributed by atoms with Gasteiger partial charge in [-0.2, -0.15) is 11.8 Å². The molecule has 0 radical (unpaired) electrons. The number of aliphatic hydroxyl groups is 1. The summed E-state index contributed by atoms with van der Waals surface area (Å²) in [5, 5.41) is 8.80. The van der Waals surface area contributed by atoms with Crippen LogP contribution in [0.25, 0.3) is 0 Å². The second-order valence-electron chi connectivity index (χ2n) is 6.88. The molecule has 0 aromatic heterocycles. The Bertz CT molecular complexity index is 573. The van der Waals surface area contributed by atoms with E-state index in [0.717, 1.165) is 56.6 Å². The van der Waals surface area contributed by atoms with Gasteiger partial charge < -0.3 is 10.0 Å². The summed E-state index contributed by atoms with van der Waals surface area (Å²) in [6, 6.07) is 9.11. The number of benzene rings is 1. The largest absolute Gasteiger partial charge is 0.396 e. The highest BCUT2D eigenvalue weighted by atomic mass is 32.2. The molecule has 1 unspecified atom stereocenters. The maximum Gasteiger partial charge on any atom is 0.223 e. The molecule has 1 aromatic carbocycles. The number of likely N-dealkylation sites (tertiary alicyclic amines) is 1. The minimum Gasteiger partial charge on any atom is -0.396 e. The molecular weight excluding hydrogens is 342 g/mol. The van der Waals surface area contributed by atoms with E-state index in [4.69, 9.17) is 5.11 Å². The fourth-order valence-corrected chi connectivity index (χ4v) is 4.27. The Morgan fingerprint density at radius 3 is 2.92 bits per heavy atom. The SMILES string of the molecule is CCc1cccc(CC/C=C/C2CCC(=O)N2CCSCCCCO)c1. The molecule has 2 rings (SSSR count). The van der Waals surface area contributed by atoms with Gasteiger partial charge >= 0.3 is 0 Å². The Hall–Kier alpha value is -1.26. The summed E-state index contributed by atoms with van der Waals surface area (Å²) >= 11 is 1.88. The lowest BCUT2D eigenvalue weighted by atomic mass is 10.0. The van der Waals surface area contributed by atoms with E-state index in [1.807, 2.05) is 16.7 Å². The van der Waals surface area contributed by atoms with Gasteiger partial charge in [0.05, 0.1) is 6.04 Å². The first-order valence-corrected chi connectivity index (χ1v) is 11.1. The van der Waals surface area contributed by atoms with Crippen LogP contribution in [0.3, 0.4) is 0 Å². The Balaban J connectivity index is 1.72. The molecule has 1 saturated heterocycles. The summed E-state index contributed by atoms with van der Waals surface area (Å²) in [6.07, 6.45) is 11.2. The highest BCUT2D eigenvalue weighted by Gasteiger charge is 2.28. The molecule has 1 atom stereocenters. The lowest BCUT2D eigenvalue weighted by Crippen LogP contribution is -2.33. The summed E-state index contributed by atoms with van der Waals surface area (Å²) < 4.78 is 0. The first-order chi connectivity index (χ1) is 12.7. The number of aliphatic hydroxyl groups excluding tert-OH is 1. The van der Waals surface area contributed by atoms with E-state index in [-0.39, 0.29) is 12.6 Å². The van der Waals surface area contributed by atoms with Gasteiger partial charge in [0.1, 0.15) is 0 Å². The fourth-order valence-electron chi connectivity index (χ4n) is 3.34. The summed E-state index contributed by atoms with van der Waals surface area (Å²) in [6.45, 7) is 3.31. The monoisotopic (exact) mass is 375 g/mol. The number of nitrogens with zero attached hydrogens (tertiary/aromatic N) is 1. The second-order valence-corrected chi connectivity index (χ2v) is 8.10. The van der Waals surface area contributed by atoms with Gasteiger partial charge in [-0.05, 0) is 55.4 Å². The Labute approximate surface area is 162 Å². The molecule has 1 aliphatic rings. The van der Waals surface area contributed by atoms with Crippen LogP contribution in [-0.2, 0) is 17.6 Å². The quantitative estimate of drug-likeness (QED) is 0.439. The van der Waals surface area contributed by atoms with Gasteiger partial charge in [-0.15, -0.1) is 0 Å². The van der Waals surface area contributed by atoms with Crippen LogP contribution >= 0.6 is 11.8 Å². The minimum atomic E-state index is 0.279. The molecule has 4 heteroatoms. The van der Waals surface area contributed by atoms with Gasteiger partial charge in [0.25, 0.3) is 0 Å². The van der Waals surface area contributed by atoms with E-state index in [1.54, 1.807) is 0 Å². The number of hydrogen-bond acceptors (Lipinski definition) is 3. The van der Waals surface area contributed by atoms with E-state index in [1.165, 1.54) is 11.1 Å². The number of carbonyl (C=O) groups is 1. The Kier molecular flexibility index (Phi) is 9.86. The molecule has 0 aliphatic carbocycles. The van der Waals surface area contributed by atoms with Crippen LogP contribution < -0.4 is 0 Å². The van der Waals surface area contributed by atoms with Crippen molar-refractivity contribution in [3.63, 3.8) is 0 Å². The molecule has 26 heavy (non-hydrogen) atoms. The zero-order chi connectivity index (χ0) is 18.6. The molecule has 0 spiro atoms. The van der Waals surface area contributed by atoms with Crippen LogP contribution in [0.4, 0.5) is 0 Å². The average molecular weight is 376 g/mol. The molecular formula is C22H33NO2S. The van der Waals surface area contributed by atoms with Crippen LogP contribution in [-0.4, -0.2) is 46.6 Å². The van der Waals surface area contributed by atoms with Crippen LogP contribution in [0.5, 0.6) is 0 Å². The highest BCUT2D eigenvalue weighted by molar-refractivity contribution is 7.99. The number of unbranched alkanes of at least 4 members (excludes halogenated alkanes) is 1. The summed E-state index contributed by atoms with van der Waals surface area (Å²) in [4.78, 5) is 14.2. The van der Waals surface area contributed by atoms with Crippen molar-refractivity contribution < 1.29 is 9.90 Å². The van der Waals surface area contributed by atoms with Gasteiger partial charge in [-0.3, -0.25) is 4.79 Å². The lowest BCUT2D eigenvalue weighted by Gasteiger charge is -2.22. The Morgan fingerprint density at radius 1 is 1.27 bits per heavy atom. The van der Waals surface area contributed by atoms with Crippen molar-refractivity contribution in [3.8, 4) is 0 Å². The predicted molar refractivity (Wildman–Crippen MR) is 112 cm³/mol. The number of carbonyl (C=O) groups excluding carboxylic acids is 1. The summed E-state index contributed by atoms with van der Waals surface area (Å²) in [5.74, 6) is 2.36. The standard InChI is InChI=1S/C22H33NO2S/c1-2-19-9-7-10-20(18-19)8-3-4-11-21-12-13-22(25)23(21)14-17-26-16-6-5-15-24/h4,7,9-11,18,21,24H,2-3,5-6,8,12-17H2,1H3/b11-4+. The number of rotatable bonds is 12. The number of allylic oxidation sites excluding steroid dienone is 1. The summed E-state index contributed by atoms with van der Waals surface area (Å²) in [7, 11) is 0. The zero-order valence-electron chi connectivity index (χ0n) is 16.0. The number of amides is 1. The normalized spacial score (nSPS) is 17.5. The molecule has 0 bridgehead atoms. The van der Waals surface area contributed by atoms with Gasteiger partial charge in [0.15, 0.2) is 0 Å². The lowest BCUT2D eigenvalue weighted by molar-refractivity contribution is -0.128. The third-order valence-electron chi connectivity index (χ3n) is 4.91. The van der Waals surface area contributed by atoms with Gasteiger partial charge in [-0.1, -0.05) is 43.3 Å². The van der Waals surface area contributed by atoms with Gasteiger partial charge in [-0.25, -0.2) is 0 Å². The van der Waals surface area contributed by atoms with E-state index < -0.39 is 0 Å². The molecule has 1 aliphatic heterocycles. The van der Waals surface area contributed by atoms with Crippen LogP contribution in [0, 0.1) is 0 Å². The predicted octanol–water partition coefficient (Wildman–Crippen LogP) is 4.23. The van der Waals surface area contributed by atoms with Crippen LogP contribution in [0.1, 0.15) is 50.2 Å². The maximum atomic E-state index is 12.1. The molecule has 1 amide bonds. The first-order valence-electron chi connectivity index (χ1n) is 9.97. The minimum absolute atomic E-state index is 0.279. The number of hydrogen-bond donors (Lipinski definition) is 1. The van der Waals surface area contributed by atoms with Crippen molar-refractivity contribution >= 4 is 17.7 Å². The average Bonchev–Trinajstić information content (AvgIpc) is 3.01. The van der Waals surface area contributed by atoms with Crippen molar-refractivity contribution in [2.45, 2.75) is 57.9 Å². The fraction of sp³-hybridized carbons (Fsp3) is 0.591. The maximum absolute atomic E-state index is 12.1.